The summed E-state index contributed by atoms with van der Waals surface area (Å²) in [6.07, 6.45) is -0.976. The van der Waals surface area contributed by atoms with Gasteiger partial charge in [-0.25, -0.2) is 4.79 Å². The van der Waals surface area contributed by atoms with Crippen LogP contribution >= 0.6 is 0 Å². The molecule has 13 heavy (non-hydrogen) atoms. The smallest absolute Gasteiger partial charge is 0.372 e. The minimum absolute atomic E-state index is 0.239. The SMILES string of the molecule is CCOC(CC(=O)C(=O)O)OCC. The predicted octanol–water partition coefficient (Wildman–Crippen LogP) is 0.429. The Morgan fingerprint density at radius 1 is 1.23 bits per heavy atom. The van der Waals surface area contributed by atoms with Gasteiger partial charge < -0.3 is 14.6 Å². The van der Waals surface area contributed by atoms with Crippen molar-refractivity contribution >= 4 is 11.8 Å². The molecule has 0 rings (SSSR count). The van der Waals surface area contributed by atoms with Crippen molar-refractivity contribution in [2.24, 2.45) is 0 Å². The Kier molecular flexibility index (Phi) is 6.09. The third-order valence-corrected chi connectivity index (χ3v) is 1.30. The van der Waals surface area contributed by atoms with Crippen LogP contribution in [-0.2, 0) is 19.1 Å². The van der Waals surface area contributed by atoms with E-state index in [1.54, 1.807) is 13.8 Å². The van der Waals surface area contributed by atoms with Gasteiger partial charge in [0.2, 0.25) is 5.78 Å². The van der Waals surface area contributed by atoms with Crippen LogP contribution in [0.3, 0.4) is 0 Å². The topological polar surface area (TPSA) is 72.8 Å². The van der Waals surface area contributed by atoms with Gasteiger partial charge in [-0.15, -0.1) is 0 Å². The highest BCUT2D eigenvalue weighted by molar-refractivity contribution is 6.32. The molecular weight excluding hydrogens is 176 g/mol. The van der Waals surface area contributed by atoms with Crippen LogP contribution in [0.4, 0.5) is 0 Å². The summed E-state index contributed by atoms with van der Waals surface area (Å²) in [6.45, 7) is 4.27. The molecule has 0 aliphatic carbocycles. The second-order valence-corrected chi connectivity index (χ2v) is 2.27. The summed E-state index contributed by atoms with van der Waals surface area (Å²) in [4.78, 5) is 20.9. The zero-order valence-corrected chi connectivity index (χ0v) is 7.78. The van der Waals surface area contributed by atoms with E-state index in [1.807, 2.05) is 0 Å². The Bertz CT molecular complexity index is 171. The van der Waals surface area contributed by atoms with Crippen LogP contribution in [0.15, 0.2) is 0 Å². The number of carboxylic acids is 1. The molecule has 0 aliphatic heterocycles. The first-order chi connectivity index (χ1) is 6.11. The zero-order valence-electron chi connectivity index (χ0n) is 7.78. The minimum atomic E-state index is -1.45. The summed E-state index contributed by atoms with van der Waals surface area (Å²) in [5.41, 5.74) is 0. The third kappa shape index (κ3) is 5.32. The van der Waals surface area contributed by atoms with Crippen molar-refractivity contribution in [3.8, 4) is 0 Å². The summed E-state index contributed by atoms with van der Waals surface area (Å²) in [5, 5.41) is 8.31. The highest BCUT2D eigenvalue weighted by Gasteiger charge is 2.19. The Morgan fingerprint density at radius 3 is 2.00 bits per heavy atom. The Labute approximate surface area is 76.6 Å². The second kappa shape index (κ2) is 6.56. The van der Waals surface area contributed by atoms with Crippen LogP contribution in [0.1, 0.15) is 20.3 Å². The fourth-order valence-electron chi connectivity index (χ4n) is 0.776. The van der Waals surface area contributed by atoms with E-state index < -0.39 is 18.0 Å². The van der Waals surface area contributed by atoms with Gasteiger partial charge in [-0.3, -0.25) is 4.79 Å². The van der Waals surface area contributed by atoms with Crippen molar-refractivity contribution in [2.75, 3.05) is 13.2 Å². The van der Waals surface area contributed by atoms with Crippen LogP contribution in [-0.4, -0.2) is 36.4 Å². The van der Waals surface area contributed by atoms with E-state index in [1.165, 1.54) is 0 Å². The molecule has 0 spiro atoms. The number of ether oxygens (including phenoxy) is 2. The van der Waals surface area contributed by atoms with Crippen LogP contribution in [0.2, 0.25) is 0 Å². The molecule has 0 aromatic carbocycles. The van der Waals surface area contributed by atoms with Crippen molar-refractivity contribution in [3.05, 3.63) is 0 Å². The first-order valence-electron chi connectivity index (χ1n) is 4.11. The van der Waals surface area contributed by atoms with Crippen LogP contribution < -0.4 is 0 Å². The van der Waals surface area contributed by atoms with Gasteiger partial charge in [-0.1, -0.05) is 0 Å². The van der Waals surface area contributed by atoms with E-state index in [9.17, 15) is 9.59 Å². The van der Waals surface area contributed by atoms with E-state index in [-0.39, 0.29) is 6.42 Å². The molecule has 5 heteroatoms. The number of carbonyl (C=O) groups is 2. The standard InChI is InChI=1S/C8H14O5/c1-3-12-7(13-4-2)5-6(9)8(10)11/h7H,3-5H2,1-2H3,(H,10,11). The summed E-state index contributed by atoms with van der Waals surface area (Å²) in [6, 6.07) is 0. The third-order valence-electron chi connectivity index (χ3n) is 1.30. The highest BCUT2D eigenvalue weighted by atomic mass is 16.7. The quantitative estimate of drug-likeness (QED) is 0.465. The van der Waals surface area contributed by atoms with Gasteiger partial charge in [-0.05, 0) is 13.8 Å². The van der Waals surface area contributed by atoms with Crippen LogP contribution in [0.25, 0.3) is 0 Å². The van der Waals surface area contributed by atoms with Crippen molar-refractivity contribution in [1.29, 1.82) is 0 Å². The van der Waals surface area contributed by atoms with Crippen LogP contribution in [0, 0.1) is 0 Å². The maximum Gasteiger partial charge on any atom is 0.372 e. The number of carboxylic acid groups (broad SMARTS) is 1. The average Bonchev–Trinajstić information content (AvgIpc) is 2.05. The first kappa shape index (κ1) is 12.1. The fourth-order valence-corrected chi connectivity index (χ4v) is 0.776. The molecule has 0 saturated carbocycles. The molecule has 0 fully saturated rings. The molecule has 0 unspecified atom stereocenters. The molecule has 0 bridgehead atoms. The molecule has 0 atom stereocenters. The van der Waals surface area contributed by atoms with E-state index in [0.717, 1.165) is 0 Å². The molecule has 0 radical (unpaired) electrons. The summed E-state index contributed by atoms with van der Waals surface area (Å²) < 4.78 is 9.99. The second-order valence-electron chi connectivity index (χ2n) is 2.27. The van der Waals surface area contributed by atoms with E-state index >= 15 is 0 Å². The number of hydrogen-bond donors (Lipinski definition) is 1. The molecule has 0 aromatic rings. The maximum atomic E-state index is 10.7. The fraction of sp³-hybridized carbons (Fsp3) is 0.750. The Morgan fingerprint density at radius 2 is 1.69 bits per heavy atom. The predicted molar refractivity (Wildman–Crippen MR) is 44.3 cm³/mol. The van der Waals surface area contributed by atoms with E-state index in [2.05, 4.69) is 0 Å². The van der Waals surface area contributed by atoms with Gasteiger partial charge in [-0.2, -0.15) is 0 Å². The Hall–Kier alpha value is -0.940. The Balaban J connectivity index is 3.93. The summed E-state index contributed by atoms with van der Waals surface area (Å²) in [7, 11) is 0. The van der Waals surface area contributed by atoms with Gasteiger partial charge in [0.25, 0.3) is 0 Å². The van der Waals surface area contributed by atoms with Crippen molar-refractivity contribution < 1.29 is 24.2 Å². The number of carbonyl (C=O) groups excluding carboxylic acids is 1. The van der Waals surface area contributed by atoms with Gasteiger partial charge in [0.1, 0.15) is 0 Å². The lowest BCUT2D eigenvalue weighted by Crippen LogP contribution is -2.25. The molecule has 0 heterocycles. The van der Waals surface area contributed by atoms with Crippen molar-refractivity contribution in [3.63, 3.8) is 0 Å². The zero-order chi connectivity index (χ0) is 10.3. The van der Waals surface area contributed by atoms with Gasteiger partial charge >= 0.3 is 5.97 Å². The molecule has 76 valence electrons. The molecule has 0 saturated heterocycles. The van der Waals surface area contributed by atoms with E-state index in [4.69, 9.17) is 14.6 Å². The van der Waals surface area contributed by atoms with E-state index in [0.29, 0.717) is 13.2 Å². The molecular formula is C8H14O5. The number of ketones is 1. The number of hydrogen-bond acceptors (Lipinski definition) is 4. The minimum Gasteiger partial charge on any atom is -0.475 e. The molecule has 0 amide bonds. The summed E-state index contributed by atoms with van der Waals surface area (Å²) in [5.74, 6) is -2.35. The van der Waals surface area contributed by atoms with Crippen molar-refractivity contribution in [1.82, 2.24) is 0 Å². The number of Topliss-reactive ketones (excluding diaryl/α,β-unsaturated/α-hetero) is 1. The normalized spacial score (nSPS) is 10.4. The summed E-state index contributed by atoms with van der Waals surface area (Å²) >= 11 is 0. The van der Waals surface area contributed by atoms with Crippen LogP contribution in [0.5, 0.6) is 0 Å². The molecule has 0 aliphatic rings. The number of rotatable bonds is 7. The van der Waals surface area contributed by atoms with Gasteiger partial charge in [0, 0.05) is 13.2 Å². The molecule has 1 N–H and O–H groups in total. The lowest BCUT2D eigenvalue weighted by atomic mass is 10.3. The average molecular weight is 190 g/mol. The largest absolute Gasteiger partial charge is 0.475 e. The van der Waals surface area contributed by atoms with Gasteiger partial charge in [0.15, 0.2) is 6.29 Å². The lowest BCUT2D eigenvalue weighted by Gasteiger charge is -2.14. The molecule has 0 aromatic heterocycles. The maximum absolute atomic E-state index is 10.7. The molecule has 5 nitrogen and oxygen atoms in total. The monoisotopic (exact) mass is 190 g/mol. The lowest BCUT2D eigenvalue weighted by molar-refractivity contribution is -0.163. The first-order valence-corrected chi connectivity index (χ1v) is 4.11. The number of aliphatic carboxylic acids is 1. The van der Waals surface area contributed by atoms with Crippen molar-refractivity contribution in [2.45, 2.75) is 26.6 Å². The van der Waals surface area contributed by atoms with Gasteiger partial charge in [0.05, 0.1) is 6.42 Å². The highest BCUT2D eigenvalue weighted by Crippen LogP contribution is 2.01.